The van der Waals surface area contributed by atoms with Crippen LogP contribution in [0.15, 0.2) is 30.5 Å². The fourth-order valence-electron chi connectivity index (χ4n) is 3.65. The number of nitrogens with one attached hydrogen (secondary N) is 1. The number of pyridine rings is 1. The molecule has 1 atom stereocenters. The summed E-state index contributed by atoms with van der Waals surface area (Å²) < 4.78 is 14.0. The second-order valence-corrected chi connectivity index (χ2v) is 8.59. The van der Waals surface area contributed by atoms with Gasteiger partial charge < -0.3 is 20.0 Å². The second kappa shape index (κ2) is 9.13. The quantitative estimate of drug-likeness (QED) is 0.558. The van der Waals surface area contributed by atoms with E-state index in [2.05, 4.69) is 20.2 Å². The number of hydrogen-bond donors (Lipinski definition) is 3. The molecule has 164 valence electrons. The lowest BCUT2D eigenvalue weighted by molar-refractivity contribution is 0.0954. The van der Waals surface area contributed by atoms with Crippen LogP contribution in [0.1, 0.15) is 11.1 Å². The molecule has 0 bridgehead atoms. The van der Waals surface area contributed by atoms with Gasteiger partial charge in [0.25, 0.3) is 0 Å². The molecule has 1 saturated heterocycles. The molecule has 1 fully saturated rings. The lowest BCUT2D eigenvalue weighted by Gasteiger charge is -2.35. The van der Waals surface area contributed by atoms with E-state index in [-0.39, 0.29) is 18.5 Å². The summed E-state index contributed by atoms with van der Waals surface area (Å²) in [6, 6.07) is 6.10. The number of halogens is 1. The molecule has 1 aromatic carbocycles. The summed E-state index contributed by atoms with van der Waals surface area (Å²) >= 11 is 1.25. The largest absolute Gasteiger partial charge is 0.394 e. The van der Waals surface area contributed by atoms with Crippen LogP contribution in [0.5, 0.6) is 0 Å². The first-order valence-corrected chi connectivity index (χ1v) is 10.9. The zero-order valence-electron chi connectivity index (χ0n) is 17.1. The molecule has 1 aliphatic rings. The molecule has 0 saturated carbocycles. The predicted molar refractivity (Wildman–Crippen MR) is 118 cm³/mol. The van der Waals surface area contributed by atoms with E-state index in [1.807, 2.05) is 13.0 Å². The standard InChI is InChI=1S/C21H24FN5O3S/c1-13-8-14(9-16(29)12-28)11-23-19(13)26-4-6-27(7-5-26)21(30)25-20-24-17-3-2-15(22)10-18(17)31-20/h2-3,8,10-11,16,28-29H,4-7,9,12H2,1H3,(H,24,25,30). The number of urea groups is 1. The summed E-state index contributed by atoms with van der Waals surface area (Å²) in [5, 5.41) is 21.9. The number of amides is 2. The molecule has 3 heterocycles. The number of nitrogens with zero attached hydrogens (tertiary/aromatic N) is 4. The minimum absolute atomic E-state index is 0.225. The summed E-state index contributed by atoms with van der Waals surface area (Å²) in [4.78, 5) is 25.4. The third kappa shape index (κ3) is 4.92. The number of benzene rings is 1. The molecular formula is C21H24FN5O3S. The van der Waals surface area contributed by atoms with Crippen molar-refractivity contribution in [3.63, 3.8) is 0 Å². The molecule has 3 N–H and O–H groups in total. The molecule has 3 aromatic rings. The van der Waals surface area contributed by atoms with Gasteiger partial charge in [-0.1, -0.05) is 17.4 Å². The van der Waals surface area contributed by atoms with Crippen LogP contribution < -0.4 is 10.2 Å². The Labute approximate surface area is 183 Å². The second-order valence-electron chi connectivity index (χ2n) is 7.56. The van der Waals surface area contributed by atoms with Crippen molar-refractivity contribution in [2.45, 2.75) is 19.4 Å². The number of aryl methyl sites for hydroxylation is 1. The van der Waals surface area contributed by atoms with Crippen LogP contribution in [0.3, 0.4) is 0 Å². The fourth-order valence-corrected chi connectivity index (χ4v) is 4.53. The summed E-state index contributed by atoms with van der Waals surface area (Å²) in [5.41, 5.74) is 2.52. The van der Waals surface area contributed by atoms with Crippen molar-refractivity contribution in [1.82, 2.24) is 14.9 Å². The number of anilines is 2. The topological polar surface area (TPSA) is 102 Å². The average Bonchev–Trinajstić information content (AvgIpc) is 3.15. The number of aliphatic hydroxyl groups is 2. The SMILES string of the molecule is Cc1cc(CC(O)CO)cnc1N1CCN(C(=O)Nc2nc3ccc(F)cc3s2)CC1. The molecule has 2 aromatic heterocycles. The van der Waals surface area contributed by atoms with Crippen LogP contribution in [-0.4, -0.2) is 70.0 Å². The highest BCUT2D eigenvalue weighted by atomic mass is 32.1. The highest BCUT2D eigenvalue weighted by Gasteiger charge is 2.24. The molecule has 1 aliphatic heterocycles. The third-order valence-corrected chi connectivity index (χ3v) is 6.15. The number of fused-ring (bicyclic) bond motifs is 1. The van der Waals surface area contributed by atoms with Gasteiger partial charge in [-0.2, -0.15) is 0 Å². The lowest BCUT2D eigenvalue weighted by Crippen LogP contribution is -2.50. The van der Waals surface area contributed by atoms with E-state index in [0.29, 0.717) is 47.9 Å². The van der Waals surface area contributed by atoms with Crippen LogP contribution in [0.25, 0.3) is 10.2 Å². The number of aromatic nitrogens is 2. The van der Waals surface area contributed by atoms with Gasteiger partial charge in [0.2, 0.25) is 0 Å². The van der Waals surface area contributed by atoms with E-state index >= 15 is 0 Å². The van der Waals surface area contributed by atoms with Crippen molar-refractivity contribution in [2.75, 3.05) is 43.0 Å². The summed E-state index contributed by atoms with van der Waals surface area (Å²) in [6.07, 6.45) is 1.29. The van der Waals surface area contributed by atoms with Gasteiger partial charge in [-0.25, -0.2) is 19.2 Å². The molecule has 4 rings (SSSR count). The van der Waals surface area contributed by atoms with E-state index in [0.717, 1.165) is 16.9 Å². The van der Waals surface area contributed by atoms with Gasteiger partial charge in [0.15, 0.2) is 5.13 Å². The van der Waals surface area contributed by atoms with Crippen molar-refractivity contribution in [3.8, 4) is 0 Å². The van der Waals surface area contributed by atoms with Gasteiger partial charge in [0.1, 0.15) is 11.6 Å². The van der Waals surface area contributed by atoms with Gasteiger partial charge >= 0.3 is 6.03 Å². The first-order chi connectivity index (χ1) is 14.9. The van der Waals surface area contributed by atoms with E-state index in [1.54, 1.807) is 17.2 Å². The molecule has 8 nitrogen and oxygen atoms in total. The summed E-state index contributed by atoms with van der Waals surface area (Å²) in [5.74, 6) is 0.530. The van der Waals surface area contributed by atoms with Crippen LogP contribution in [0.4, 0.5) is 20.1 Å². The predicted octanol–water partition coefficient (Wildman–Crippen LogP) is 2.39. The molecule has 0 spiro atoms. The Morgan fingerprint density at radius 3 is 2.77 bits per heavy atom. The first-order valence-electron chi connectivity index (χ1n) is 10.0. The number of carbonyl (C=O) groups excluding carboxylic acids is 1. The van der Waals surface area contributed by atoms with Crippen LogP contribution in [-0.2, 0) is 6.42 Å². The third-order valence-electron chi connectivity index (χ3n) is 5.22. The molecule has 31 heavy (non-hydrogen) atoms. The Morgan fingerprint density at radius 1 is 1.29 bits per heavy atom. The number of piperazine rings is 1. The first kappa shape index (κ1) is 21.4. The van der Waals surface area contributed by atoms with Gasteiger partial charge in [-0.3, -0.25) is 5.32 Å². The van der Waals surface area contributed by atoms with E-state index in [1.165, 1.54) is 23.5 Å². The number of rotatable bonds is 5. The summed E-state index contributed by atoms with van der Waals surface area (Å²) in [6.45, 7) is 4.05. The van der Waals surface area contributed by atoms with Gasteiger partial charge in [-0.15, -0.1) is 0 Å². The number of hydrogen-bond acceptors (Lipinski definition) is 7. The fraction of sp³-hybridized carbons (Fsp3) is 0.381. The Hall–Kier alpha value is -2.82. The molecule has 1 unspecified atom stereocenters. The van der Waals surface area contributed by atoms with E-state index in [9.17, 15) is 14.3 Å². The van der Waals surface area contributed by atoms with Crippen molar-refractivity contribution in [3.05, 3.63) is 47.4 Å². The Bertz CT molecular complexity index is 1080. The molecule has 10 heteroatoms. The normalized spacial score (nSPS) is 15.4. The van der Waals surface area contributed by atoms with Gasteiger partial charge in [0.05, 0.1) is 22.9 Å². The van der Waals surface area contributed by atoms with Gasteiger partial charge in [-0.05, 0) is 36.2 Å². The molecule has 2 amide bonds. The Kier molecular flexibility index (Phi) is 6.30. The molecule has 0 aliphatic carbocycles. The minimum atomic E-state index is -0.788. The minimum Gasteiger partial charge on any atom is -0.394 e. The van der Waals surface area contributed by atoms with Crippen molar-refractivity contribution in [1.29, 1.82) is 0 Å². The molecular weight excluding hydrogens is 421 g/mol. The maximum Gasteiger partial charge on any atom is 0.323 e. The Morgan fingerprint density at radius 2 is 2.06 bits per heavy atom. The zero-order chi connectivity index (χ0) is 22.0. The zero-order valence-corrected chi connectivity index (χ0v) is 17.9. The maximum absolute atomic E-state index is 13.4. The van der Waals surface area contributed by atoms with E-state index in [4.69, 9.17) is 5.11 Å². The monoisotopic (exact) mass is 445 g/mol. The summed E-state index contributed by atoms with van der Waals surface area (Å²) in [7, 11) is 0. The van der Waals surface area contributed by atoms with Crippen LogP contribution in [0, 0.1) is 12.7 Å². The number of thiazole rings is 1. The highest BCUT2D eigenvalue weighted by molar-refractivity contribution is 7.22. The smallest absolute Gasteiger partial charge is 0.323 e. The Balaban J connectivity index is 1.35. The van der Waals surface area contributed by atoms with E-state index < -0.39 is 6.10 Å². The lowest BCUT2D eigenvalue weighted by atomic mass is 10.1. The van der Waals surface area contributed by atoms with Crippen LogP contribution in [0.2, 0.25) is 0 Å². The van der Waals surface area contributed by atoms with Crippen LogP contribution >= 0.6 is 11.3 Å². The van der Waals surface area contributed by atoms with Crippen molar-refractivity contribution in [2.24, 2.45) is 0 Å². The average molecular weight is 446 g/mol. The maximum atomic E-state index is 13.4. The van der Waals surface area contributed by atoms with Gasteiger partial charge in [0, 0.05) is 38.8 Å². The molecule has 0 radical (unpaired) electrons. The van der Waals surface area contributed by atoms with Crippen molar-refractivity contribution < 1.29 is 19.4 Å². The van der Waals surface area contributed by atoms with Crippen molar-refractivity contribution >= 4 is 38.5 Å². The number of aliphatic hydroxyl groups excluding tert-OH is 2. The highest BCUT2D eigenvalue weighted by Crippen LogP contribution is 2.27. The number of carbonyl (C=O) groups is 1.